The van der Waals surface area contributed by atoms with E-state index in [-0.39, 0.29) is 6.61 Å². The first-order valence-electron chi connectivity index (χ1n) is 3.12. The Labute approximate surface area is 62.3 Å². The predicted octanol–water partition coefficient (Wildman–Crippen LogP) is 0.640. The molecule has 0 radical (unpaired) electrons. The molecule has 0 bridgehead atoms. The standard InChI is InChI=1S/C6H8F2N2O/c7-6(8)2-10-4-9-1-5(10)3-11/h1,4,6,11H,2-3H2. The van der Waals surface area contributed by atoms with Gasteiger partial charge in [0.1, 0.15) is 0 Å². The van der Waals surface area contributed by atoms with Crippen LogP contribution in [-0.4, -0.2) is 21.1 Å². The lowest BCUT2D eigenvalue weighted by molar-refractivity contribution is 0.123. The summed E-state index contributed by atoms with van der Waals surface area (Å²) in [7, 11) is 0. The molecule has 0 saturated heterocycles. The van der Waals surface area contributed by atoms with Crippen LogP contribution in [0.15, 0.2) is 12.5 Å². The maximum Gasteiger partial charge on any atom is 0.256 e. The van der Waals surface area contributed by atoms with Gasteiger partial charge < -0.3 is 9.67 Å². The van der Waals surface area contributed by atoms with E-state index in [0.29, 0.717) is 5.69 Å². The molecule has 0 aliphatic rings. The average Bonchev–Trinajstić information content (AvgIpc) is 2.34. The average molecular weight is 162 g/mol. The van der Waals surface area contributed by atoms with E-state index in [1.165, 1.54) is 17.1 Å². The van der Waals surface area contributed by atoms with Crippen molar-refractivity contribution in [3.8, 4) is 0 Å². The van der Waals surface area contributed by atoms with E-state index in [4.69, 9.17) is 5.11 Å². The van der Waals surface area contributed by atoms with Gasteiger partial charge in [-0.3, -0.25) is 0 Å². The normalized spacial score (nSPS) is 10.9. The molecule has 1 rings (SSSR count). The molecule has 0 atom stereocenters. The molecule has 62 valence electrons. The summed E-state index contributed by atoms with van der Waals surface area (Å²) in [6.07, 6.45) is 0.231. The van der Waals surface area contributed by atoms with E-state index in [1.807, 2.05) is 0 Å². The molecule has 1 aromatic rings. The summed E-state index contributed by atoms with van der Waals surface area (Å²) in [5.74, 6) is 0. The van der Waals surface area contributed by atoms with Gasteiger partial charge in [-0.1, -0.05) is 0 Å². The summed E-state index contributed by atoms with van der Waals surface area (Å²) < 4.78 is 24.8. The van der Waals surface area contributed by atoms with Gasteiger partial charge in [0.25, 0.3) is 6.43 Å². The number of alkyl halides is 2. The van der Waals surface area contributed by atoms with Gasteiger partial charge in [-0.25, -0.2) is 13.8 Å². The Bertz CT molecular complexity index is 224. The molecule has 0 aliphatic heterocycles. The lowest BCUT2D eigenvalue weighted by atomic mass is 10.5. The zero-order valence-electron chi connectivity index (χ0n) is 5.74. The summed E-state index contributed by atoms with van der Waals surface area (Å²) in [5, 5.41) is 8.61. The number of halogens is 2. The minimum atomic E-state index is -2.41. The minimum absolute atomic E-state index is 0.257. The lowest BCUT2D eigenvalue weighted by Crippen LogP contribution is -2.08. The predicted molar refractivity (Wildman–Crippen MR) is 34.2 cm³/mol. The topological polar surface area (TPSA) is 38.1 Å². The number of rotatable bonds is 3. The molecule has 3 nitrogen and oxygen atoms in total. The van der Waals surface area contributed by atoms with Crippen molar-refractivity contribution in [1.29, 1.82) is 0 Å². The van der Waals surface area contributed by atoms with Crippen LogP contribution < -0.4 is 0 Å². The first-order valence-corrected chi connectivity index (χ1v) is 3.12. The first-order chi connectivity index (χ1) is 5.24. The molecule has 0 unspecified atom stereocenters. The van der Waals surface area contributed by atoms with Gasteiger partial charge in [-0.15, -0.1) is 0 Å². The van der Waals surface area contributed by atoms with Crippen molar-refractivity contribution in [2.45, 2.75) is 19.6 Å². The largest absolute Gasteiger partial charge is 0.390 e. The van der Waals surface area contributed by atoms with Crippen molar-refractivity contribution in [3.63, 3.8) is 0 Å². The molecule has 0 spiro atoms. The third-order valence-corrected chi connectivity index (χ3v) is 1.30. The van der Waals surface area contributed by atoms with Crippen LogP contribution in [0.1, 0.15) is 5.69 Å². The summed E-state index contributed by atoms with van der Waals surface area (Å²) in [5.41, 5.74) is 0.408. The quantitative estimate of drug-likeness (QED) is 0.708. The molecule has 1 aromatic heterocycles. The number of aromatic nitrogens is 2. The van der Waals surface area contributed by atoms with Gasteiger partial charge in [0, 0.05) is 0 Å². The molecule has 0 saturated carbocycles. The fourth-order valence-electron chi connectivity index (χ4n) is 0.793. The van der Waals surface area contributed by atoms with Gasteiger partial charge in [0.15, 0.2) is 0 Å². The van der Waals surface area contributed by atoms with Gasteiger partial charge >= 0.3 is 0 Å². The number of imidazole rings is 1. The molecule has 0 fully saturated rings. The number of aliphatic hydroxyl groups is 1. The van der Waals surface area contributed by atoms with Crippen molar-refractivity contribution in [2.75, 3.05) is 0 Å². The van der Waals surface area contributed by atoms with Crippen molar-refractivity contribution in [2.24, 2.45) is 0 Å². The van der Waals surface area contributed by atoms with E-state index < -0.39 is 13.0 Å². The van der Waals surface area contributed by atoms with E-state index in [1.54, 1.807) is 0 Å². The molecule has 1 heterocycles. The second kappa shape index (κ2) is 3.43. The Kier molecular flexibility index (Phi) is 2.53. The second-order valence-electron chi connectivity index (χ2n) is 2.09. The first kappa shape index (κ1) is 8.13. The van der Waals surface area contributed by atoms with Crippen molar-refractivity contribution < 1.29 is 13.9 Å². The Morgan fingerprint density at radius 3 is 2.91 bits per heavy atom. The zero-order chi connectivity index (χ0) is 8.27. The number of hydrogen-bond acceptors (Lipinski definition) is 2. The number of aliphatic hydroxyl groups excluding tert-OH is 1. The van der Waals surface area contributed by atoms with Crippen LogP contribution in [0.25, 0.3) is 0 Å². The fraction of sp³-hybridized carbons (Fsp3) is 0.500. The van der Waals surface area contributed by atoms with Crippen LogP contribution in [0.2, 0.25) is 0 Å². The molecule has 0 aliphatic carbocycles. The Balaban J connectivity index is 2.68. The van der Waals surface area contributed by atoms with Crippen LogP contribution in [-0.2, 0) is 13.2 Å². The number of hydrogen-bond donors (Lipinski definition) is 1. The van der Waals surface area contributed by atoms with E-state index in [9.17, 15) is 8.78 Å². The third kappa shape index (κ3) is 1.98. The van der Waals surface area contributed by atoms with E-state index in [2.05, 4.69) is 4.98 Å². The molecular formula is C6H8F2N2O. The Morgan fingerprint density at radius 1 is 1.64 bits per heavy atom. The smallest absolute Gasteiger partial charge is 0.256 e. The fourth-order valence-corrected chi connectivity index (χ4v) is 0.793. The Hall–Kier alpha value is -0.970. The molecule has 1 N–H and O–H groups in total. The maximum atomic E-state index is 11.8. The molecule has 0 aromatic carbocycles. The lowest BCUT2D eigenvalue weighted by Gasteiger charge is -2.03. The van der Waals surface area contributed by atoms with Gasteiger partial charge in [0.2, 0.25) is 0 Å². The highest BCUT2D eigenvalue weighted by Crippen LogP contribution is 2.03. The molecule has 5 heteroatoms. The summed E-state index contributed by atoms with van der Waals surface area (Å²) in [6, 6.07) is 0. The Morgan fingerprint density at radius 2 is 2.36 bits per heavy atom. The SMILES string of the molecule is OCc1cncn1CC(F)F. The second-order valence-corrected chi connectivity index (χ2v) is 2.09. The van der Waals surface area contributed by atoms with Crippen LogP contribution in [0, 0.1) is 0 Å². The highest BCUT2D eigenvalue weighted by Gasteiger charge is 2.06. The molecule has 0 amide bonds. The van der Waals surface area contributed by atoms with Crippen LogP contribution in [0.4, 0.5) is 8.78 Å². The summed E-state index contributed by atoms with van der Waals surface area (Å²) >= 11 is 0. The highest BCUT2D eigenvalue weighted by atomic mass is 19.3. The molecule has 11 heavy (non-hydrogen) atoms. The zero-order valence-corrected chi connectivity index (χ0v) is 5.74. The maximum absolute atomic E-state index is 11.8. The van der Waals surface area contributed by atoms with Crippen LogP contribution in [0.5, 0.6) is 0 Å². The summed E-state index contributed by atoms with van der Waals surface area (Å²) in [6.45, 7) is -0.664. The van der Waals surface area contributed by atoms with Crippen LogP contribution >= 0.6 is 0 Å². The highest BCUT2D eigenvalue weighted by molar-refractivity contribution is 4.95. The van der Waals surface area contributed by atoms with Crippen molar-refractivity contribution in [1.82, 2.24) is 9.55 Å². The van der Waals surface area contributed by atoms with Crippen molar-refractivity contribution in [3.05, 3.63) is 18.2 Å². The van der Waals surface area contributed by atoms with Crippen molar-refractivity contribution >= 4 is 0 Å². The van der Waals surface area contributed by atoms with E-state index >= 15 is 0 Å². The molecular weight excluding hydrogens is 154 g/mol. The van der Waals surface area contributed by atoms with Gasteiger partial charge in [0.05, 0.1) is 31.4 Å². The van der Waals surface area contributed by atoms with Gasteiger partial charge in [-0.2, -0.15) is 0 Å². The minimum Gasteiger partial charge on any atom is -0.390 e. The number of nitrogens with zero attached hydrogens (tertiary/aromatic N) is 2. The van der Waals surface area contributed by atoms with E-state index in [0.717, 1.165) is 0 Å². The third-order valence-electron chi connectivity index (χ3n) is 1.30. The monoisotopic (exact) mass is 162 g/mol. The van der Waals surface area contributed by atoms with Gasteiger partial charge in [-0.05, 0) is 0 Å². The summed E-state index contributed by atoms with van der Waals surface area (Å²) in [4.78, 5) is 3.62. The van der Waals surface area contributed by atoms with Crippen LogP contribution in [0.3, 0.4) is 0 Å².